The van der Waals surface area contributed by atoms with E-state index in [9.17, 15) is 8.42 Å². The highest BCUT2D eigenvalue weighted by molar-refractivity contribution is 7.89. The second-order valence-corrected chi connectivity index (χ2v) is 6.52. The van der Waals surface area contributed by atoms with Crippen LogP contribution in [0.15, 0.2) is 23.2 Å². The predicted octanol–water partition coefficient (Wildman–Crippen LogP) is 1.76. The molecule has 1 N–H and O–H groups in total. The second kappa shape index (κ2) is 6.92. The van der Waals surface area contributed by atoms with Gasteiger partial charge in [-0.3, -0.25) is 0 Å². The zero-order chi connectivity index (χ0) is 13.6. The first-order valence-corrected chi connectivity index (χ1v) is 7.64. The SMILES string of the molecule is CN(C)S(=O)(=O)c1ccc(NCCCCCl)nc1. The van der Waals surface area contributed by atoms with Crippen LogP contribution in [0.3, 0.4) is 0 Å². The molecule has 0 aliphatic carbocycles. The molecule has 0 amide bonds. The summed E-state index contributed by atoms with van der Waals surface area (Å²) in [5.41, 5.74) is 0. The Hall–Kier alpha value is -0.850. The molecule has 0 aliphatic rings. The van der Waals surface area contributed by atoms with Gasteiger partial charge in [0.1, 0.15) is 10.7 Å². The molecule has 0 radical (unpaired) electrons. The van der Waals surface area contributed by atoms with Gasteiger partial charge in [-0.05, 0) is 25.0 Å². The van der Waals surface area contributed by atoms with Crippen LogP contribution in [0.4, 0.5) is 5.82 Å². The molecule has 5 nitrogen and oxygen atoms in total. The Morgan fingerprint density at radius 1 is 1.33 bits per heavy atom. The molecule has 0 unspecified atom stereocenters. The highest BCUT2D eigenvalue weighted by Crippen LogP contribution is 2.13. The van der Waals surface area contributed by atoms with Gasteiger partial charge in [-0.2, -0.15) is 0 Å². The summed E-state index contributed by atoms with van der Waals surface area (Å²) >= 11 is 5.57. The van der Waals surface area contributed by atoms with Gasteiger partial charge in [0.25, 0.3) is 0 Å². The van der Waals surface area contributed by atoms with E-state index in [1.807, 2.05) is 0 Å². The van der Waals surface area contributed by atoms with Crippen molar-refractivity contribution in [3.63, 3.8) is 0 Å². The Morgan fingerprint density at radius 2 is 2.06 bits per heavy atom. The van der Waals surface area contributed by atoms with Crippen LogP contribution in [0.1, 0.15) is 12.8 Å². The first kappa shape index (κ1) is 15.2. The Balaban J connectivity index is 2.63. The molecule has 102 valence electrons. The molecule has 0 spiro atoms. The first-order chi connectivity index (χ1) is 8.48. The summed E-state index contributed by atoms with van der Waals surface area (Å²) in [6.45, 7) is 0.777. The Kier molecular flexibility index (Phi) is 5.84. The van der Waals surface area contributed by atoms with Crippen LogP contribution in [0, 0.1) is 0 Å². The quantitative estimate of drug-likeness (QED) is 0.614. The number of nitrogens with zero attached hydrogens (tertiary/aromatic N) is 2. The maximum atomic E-state index is 11.8. The second-order valence-electron chi connectivity index (χ2n) is 3.99. The molecular weight excluding hydrogens is 274 g/mol. The average Bonchev–Trinajstić information content (AvgIpc) is 2.35. The van der Waals surface area contributed by atoms with Gasteiger partial charge in [0.15, 0.2) is 0 Å². The van der Waals surface area contributed by atoms with Crippen LogP contribution in [0.25, 0.3) is 0 Å². The number of unbranched alkanes of at least 4 members (excludes halogenated alkanes) is 1. The molecule has 0 fully saturated rings. The summed E-state index contributed by atoms with van der Waals surface area (Å²) in [7, 11) is -0.410. The molecule has 1 heterocycles. The van der Waals surface area contributed by atoms with Crippen LogP contribution >= 0.6 is 11.6 Å². The lowest BCUT2D eigenvalue weighted by molar-refractivity contribution is 0.520. The van der Waals surface area contributed by atoms with Crippen LogP contribution in [-0.2, 0) is 10.0 Å². The molecule has 7 heteroatoms. The number of alkyl halides is 1. The maximum absolute atomic E-state index is 11.8. The molecule has 0 aliphatic heterocycles. The van der Waals surface area contributed by atoms with E-state index < -0.39 is 10.0 Å². The fourth-order valence-electron chi connectivity index (χ4n) is 1.28. The van der Waals surface area contributed by atoms with E-state index in [2.05, 4.69) is 10.3 Å². The number of anilines is 1. The maximum Gasteiger partial charge on any atom is 0.244 e. The Morgan fingerprint density at radius 3 is 2.56 bits per heavy atom. The lowest BCUT2D eigenvalue weighted by atomic mass is 10.3. The number of halogens is 1. The van der Waals surface area contributed by atoms with E-state index in [0.717, 1.165) is 23.7 Å². The summed E-state index contributed by atoms with van der Waals surface area (Å²) in [4.78, 5) is 4.27. The third kappa shape index (κ3) is 4.12. The van der Waals surface area contributed by atoms with Gasteiger partial charge >= 0.3 is 0 Å². The normalized spacial score (nSPS) is 11.8. The van der Waals surface area contributed by atoms with E-state index in [0.29, 0.717) is 11.7 Å². The summed E-state index contributed by atoms with van der Waals surface area (Å²) in [5, 5.41) is 3.11. The molecule has 1 aromatic rings. The Bertz CT molecular complexity index is 460. The summed E-state index contributed by atoms with van der Waals surface area (Å²) in [5.74, 6) is 1.32. The van der Waals surface area contributed by atoms with Crippen LogP contribution in [0.5, 0.6) is 0 Å². The zero-order valence-corrected chi connectivity index (χ0v) is 12.1. The molecule has 18 heavy (non-hydrogen) atoms. The number of aromatic nitrogens is 1. The predicted molar refractivity (Wildman–Crippen MR) is 73.6 cm³/mol. The molecule has 0 saturated heterocycles. The Labute approximate surface area is 113 Å². The minimum Gasteiger partial charge on any atom is -0.370 e. The van der Waals surface area contributed by atoms with Gasteiger partial charge in [-0.1, -0.05) is 0 Å². The molecule has 1 rings (SSSR count). The first-order valence-electron chi connectivity index (χ1n) is 5.67. The fourth-order valence-corrected chi connectivity index (χ4v) is 2.32. The van der Waals surface area contributed by atoms with E-state index >= 15 is 0 Å². The van der Waals surface area contributed by atoms with Gasteiger partial charge in [0, 0.05) is 32.7 Å². The number of nitrogens with one attached hydrogen (secondary N) is 1. The van der Waals surface area contributed by atoms with Crippen LogP contribution in [0.2, 0.25) is 0 Å². The van der Waals surface area contributed by atoms with Gasteiger partial charge in [-0.15, -0.1) is 11.6 Å². The van der Waals surface area contributed by atoms with Gasteiger partial charge in [-0.25, -0.2) is 17.7 Å². The van der Waals surface area contributed by atoms with Crippen molar-refractivity contribution in [1.29, 1.82) is 0 Å². The summed E-state index contributed by atoms with van der Waals surface area (Å²) in [6.07, 6.45) is 3.27. The van der Waals surface area contributed by atoms with Gasteiger partial charge in [0.05, 0.1) is 0 Å². The number of rotatable bonds is 7. The molecule has 0 bridgehead atoms. The lowest BCUT2D eigenvalue weighted by Gasteiger charge is -2.11. The highest BCUT2D eigenvalue weighted by Gasteiger charge is 2.16. The zero-order valence-electron chi connectivity index (χ0n) is 10.6. The van der Waals surface area contributed by atoms with Crippen molar-refractivity contribution < 1.29 is 8.42 Å². The van der Waals surface area contributed by atoms with Crippen molar-refractivity contribution in [2.45, 2.75) is 17.7 Å². The van der Waals surface area contributed by atoms with E-state index in [1.54, 1.807) is 12.1 Å². The van der Waals surface area contributed by atoms with E-state index in [-0.39, 0.29) is 4.90 Å². The minimum absolute atomic E-state index is 0.193. The standard InChI is InChI=1S/C11H18ClN3O2S/c1-15(2)18(16,17)10-5-6-11(14-9-10)13-8-4-3-7-12/h5-6,9H,3-4,7-8H2,1-2H3,(H,13,14). The number of pyridine rings is 1. The summed E-state index contributed by atoms with van der Waals surface area (Å²) in [6, 6.07) is 3.21. The number of sulfonamides is 1. The monoisotopic (exact) mass is 291 g/mol. The molecular formula is C11H18ClN3O2S. The number of hydrogen-bond acceptors (Lipinski definition) is 4. The van der Waals surface area contributed by atoms with E-state index in [1.165, 1.54) is 20.3 Å². The van der Waals surface area contributed by atoms with Crippen molar-refractivity contribution in [2.24, 2.45) is 0 Å². The summed E-state index contributed by atoms with van der Waals surface area (Å²) < 4.78 is 24.8. The molecule has 1 aromatic heterocycles. The average molecular weight is 292 g/mol. The van der Waals surface area contributed by atoms with Gasteiger partial charge < -0.3 is 5.32 Å². The topological polar surface area (TPSA) is 62.3 Å². The largest absolute Gasteiger partial charge is 0.370 e. The molecule has 0 saturated carbocycles. The highest BCUT2D eigenvalue weighted by atomic mass is 35.5. The molecule has 0 aromatic carbocycles. The smallest absolute Gasteiger partial charge is 0.244 e. The fraction of sp³-hybridized carbons (Fsp3) is 0.545. The molecule has 0 atom stereocenters. The van der Waals surface area contributed by atoms with Gasteiger partial charge in [0.2, 0.25) is 10.0 Å². The lowest BCUT2D eigenvalue weighted by Crippen LogP contribution is -2.22. The minimum atomic E-state index is -3.40. The van der Waals surface area contributed by atoms with Crippen molar-refractivity contribution in [3.8, 4) is 0 Å². The van der Waals surface area contributed by atoms with Crippen LogP contribution in [-0.4, -0.2) is 44.2 Å². The van der Waals surface area contributed by atoms with Crippen molar-refractivity contribution in [3.05, 3.63) is 18.3 Å². The number of hydrogen-bond donors (Lipinski definition) is 1. The third-order valence-corrected chi connectivity index (χ3v) is 4.45. The van der Waals surface area contributed by atoms with Crippen molar-refractivity contribution in [2.75, 3.05) is 31.8 Å². The van der Waals surface area contributed by atoms with Crippen LogP contribution < -0.4 is 5.32 Å². The van der Waals surface area contributed by atoms with Crippen molar-refractivity contribution >= 4 is 27.4 Å². The third-order valence-electron chi connectivity index (χ3n) is 2.38. The van der Waals surface area contributed by atoms with E-state index in [4.69, 9.17) is 11.6 Å². The van der Waals surface area contributed by atoms with Crippen molar-refractivity contribution in [1.82, 2.24) is 9.29 Å².